The Hall–Kier alpha value is -3.58. The molecular formula is C25H25N3O. The fourth-order valence-electron chi connectivity index (χ4n) is 3.59. The molecule has 0 unspecified atom stereocenters. The summed E-state index contributed by atoms with van der Waals surface area (Å²) in [6, 6.07) is 17.9. The first-order chi connectivity index (χ1) is 13.8. The Balaban J connectivity index is 1.96. The van der Waals surface area contributed by atoms with Gasteiger partial charge in [0.2, 0.25) is 0 Å². The van der Waals surface area contributed by atoms with Gasteiger partial charge in [0.1, 0.15) is 11.6 Å². The average molecular weight is 383 g/mol. The van der Waals surface area contributed by atoms with Gasteiger partial charge in [0, 0.05) is 22.8 Å². The van der Waals surface area contributed by atoms with Crippen molar-refractivity contribution in [2.45, 2.75) is 34.6 Å². The largest absolute Gasteiger partial charge is 0.321 e. The van der Waals surface area contributed by atoms with E-state index in [1.165, 1.54) is 11.1 Å². The van der Waals surface area contributed by atoms with E-state index < -0.39 is 5.91 Å². The van der Waals surface area contributed by atoms with Crippen LogP contribution in [0.4, 0.5) is 5.69 Å². The number of nitriles is 1. The Kier molecular flexibility index (Phi) is 5.70. The number of amides is 1. The topological polar surface area (TPSA) is 57.8 Å². The van der Waals surface area contributed by atoms with E-state index in [1.54, 1.807) is 6.08 Å². The minimum atomic E-state index is -0.408. The molecule has 2 aromatic carbocycles. The number of carbonyl (C=O) groups is 1. The molecule has 0 aliphatic rings. The highest BCUT2D eigenvalue weighted by Gasteiger charge is 2.15. The summed E-state index contributed by atoms with van der Waals surface area (Å²) >= 11 is 0. The average Bonchev–Trinajstić information content (AvgIpc) is 2.93. The third-order valence-electron chi connectivity index (χ3n) is 5.00. The molecule has 0 atom stereocenters. The van der Waals surface area contributed by atoms with Gasteiger partial charge in [0.15, 0.2) is 0 Å². The predicted octanol–water partition coefficient (Wildman–Crippen LogP) is 5.57. The number of nitrogens with one attached hydrogen (secondary N) is 1. The summed E-state index contributed by atoms with van der Waals surface area (Å²) in [5.41, 5.74) is 8.20. The molecule has 0 spiro atoms. The number of aryl methyl sites for hydroxylation is 4. The molecule has 3 rings (SSSR count). The van der Waals surface area contributed by atoms with Crippen LogP contribution >= 0.6 is 0 Å². The first-order valence-electron chi connectivity index (χ1n) is 9.56. The smallest absolute Gasteiger partial charge is 0.266 e. The SMILES string of the molecule is Cc1cccc(NC(=O)/C(C#N)=C/c2cc(C)n(-c3ccc(C)cc3C)c2C)c1. The molecule has 4 heteroatoms. The van der Waals surface area contributed by atoms with E-state index in [0.717, 1.165) is 28.2 Å². The highest BCUT2D eigenvalue weighted by Crippen LogP contribution is 2.25. The second kappa shape index (κ2) is 8.20. The normalized spacial score (nSPS) is 11.2. The van der Waals surface area contributed by atoms with E-state index in [2.05, 4.69) is 41.9 Å². The standard InChI is InChI=1S/C25H25N3O/c1-16-7-6-8-23(12-16)27-25(29)22(15-26)14-21-13-19(4)28(20(21)5)24-10-9-17(2)11-18(24)3/h6-14H,1-5H3,(H,27,29)/b22-14+. The number of benzene rings is 2. The summed E-state index contributed by atoms with van der Waals surface area (Å²) in [6.45, 7) is 10.2. The molecule has 1 amide bonds. The highest BCUT2D eigenvalue weighted by molar-refractivity contribution is 6.09. The zero-order chi connectivity index (χ0) is 21.1. The van der Waals surface area contributed by atoms with Crippen molar-refractivity contribution in [1.82, 2.24) is 4.57 Å². The molecule has 0 fully saturated rings. The maximum absolute atomic E-state index is 12.6. The minimum Gasteiger partial charge on any atom is -0.321 e. The molecule has 1 heterocycles. The van der Waals surface area contributed by atoms with Crippen molar-refractivity contribution in [2.75, 3.05) is 5.32 Å². The van der Waals surface area contributed by atoms with Gasteiger partial charge in [0.25, 0.3) is 5.91 Å². The maximum atomic E-state index is 12.6. The summed E-state index contributed by atoms with van der Waals surface area (Å²) in [4.78, 5) is 12.6. The lowest BCUT2D eigenvalue weighted by molar-refractivity contribution is -0.112. The Morgan fingerprint density at radius 3 is 2.38 bits per heavy atom. The van der Waals surface area contributed by atoms with Crippen LogP contribution in [-0.4, -0.2) is 10.5 Å². The number of anilines is 1. The zero-order valence-corrected chi connectivity index (χ0v) is 17.5. The van der Waals surface area contributed by atoms with Gasteiger partial charge in [-0.1, -0.05) is 29.8 Å². The minimum absolute atomic E-state index is 0.0763. The molecule has 0 aliphatic carbocycles. The second-order valence-corrected chi connectivity index (χ2v) is 7.45. The summed E-state index contributed by atoms with van der Waals surface area (Å²) in [6.07, 6.45) is 1.66. The van der Waals surface area contributed by atoms with Crippen molar-refractivity contribution in [2.24, 2.45) is 0 Å². The van der Waals surface area contributed by atoms with Gasteiger partial charge in [-0.3, -0.25) is 4.79 Å². The molecule has 1 aromatic heterocycles. The Morgan fingerprint density at radius 1 is 1.00 bits per heavy atom. The summed E-state index contributed by atoms with van der Waals surface area (Å²) in [7, 11) is 0. The van der Waals surface area contributed by atoms with Crippen LogP contribution in [0.5, 0.6) is 0 Å². The van der Waals surface area contributed by atoms with E-state index in [9.17, 15) is 10.1 Å². The second-order valence-electron chi connectivity index (χ2n) is 7.45. The maximum Gasteiger partial charge on any atom is 0.266 e. The van der Waals surface area contributed by atoms with Crippen LogP contribution in [0.1, 0.15) is 33.6 Å². The lowest BCUT2D eigenvalue weighted by Gasteiger charge is -2.13. The fraction of sp³-hybridized carbons (Fsp3) is 0.200. The van der Waals surface area contributed by atoms with Crippen molar-refractivity contribution < 1.29 is 4.79 Å². The third-order valence-corrected chi connectivity index (χ3v) is 5.00. The van der Waals surface area contributed by atoms with E-state index in [-0.39, 0.29) is 5.57 Å². The van der Waals surface area contributed by atoms with E-state index in [4.69, 9.17) is 0 Å². The van der Waals surface area contributed by atoms with Crippen LogP contribution in [0.2, 0.25) is 0 Å². The van der Waals surface area contributed by atoms with Crippen LogP contribution in [0, 0.1) is 45.9 Å². The number of aromatic nitrogens is 1. The Bertz CT molecular complexity index is 1160. The highest BCUT2D eigenvalue weighted by atomic mass is 16.1. The summed E-state index contributed by atoms with van der Waals surface area (Å²) in [5.74, 6) is -0.408. The van der Waals surface area contributed by atoms with Crippen LogP contribution in [0.25, 0.3) is 11.8 Å². The van der Waals surface area contributed by atoms with Gasteiger partial charge >= 0.3 is 0 Å². The van der Waals surface area contributed by atoms with Gasteiger partial charge in [-0.2, -0.15) is 5.26 Å². The summed E-state index contributed by atoms with van der Waals surface area (Å²) in [5, 5.41) is 12.4. The number of nitrogens with zero attached hydrogens (tertiary/aromatic N) is 2. The molecule has 3 aromatic rings. The molecule has 0 saturated heterocycles. The number of rotatable bonds is 4. The molecule has 146 valence electrons. The van der Waals surface area contributed by atoms with Gasteiger partial charge in [-0.15, -0.1) is 0 Å². The zero-order valence-electron chi connectivity index (χ0n) is 17.5. The van der Waals surface area contributed by atoms with Gasteiger partial charge in [-0.25, -0.2) is 0 Å². The van der Waals surface area contributed by atoms with Crippen molar-refractivity contribution in [3.8, 4) is 11.8 Å². The lowest BCUT2D eigenvalue weighted by Crippen LogP contribution is -2.13. The van der Waals surface area contributed by atoms with Crippen LogP contribution in [0.15, 0.2) is 54.1 Å². The number of carbonyl (C=O) groups excluding carboxylic acids is 1. The van der Waals surface area contributed by atoms with Crippen LogP contribution < -0.4 is 5.32 Å². The predicted molar refractivity (Wildman–Crippen MR) is 118 cm³/mol. The fourth-order valence-corrected chi connectivity index (χ4v) is 3.59. The molecule has 0 aliphatic heterocycles. The van der Waals surface area contributed by atoms with Crippen molar-refractivity contribution in [3.63, 3.8) is 0 Å². The van der Waals surface area contributed by atoms with Gasteiger partial charge < -0.3 is 9.88 Å². The van der Waals surface area contributed by atoms with E-state index in [0.29, 0.717) is 5.69 Å². The molecule has 0 bridgehead atoms. The van der Waals surface area contributed by atoms with Gasteiger partial charge in [0.05, 0.1) is 0 Å². The first kappa shape index (κ1) is 20.2. The number of hydrogen-bond donors (Lipinski definition) is 1. The van der Waals surface area contributed by atoms with Gasteiger partial charge in [-0.05, 0) is 81.7 Å². The quantitative estimate of drug-likeness (QED) is 0.473. The molecule has 0 radical (unpaired) electrons. The Morgan fingerprint density at radius 2 is 1.72 bits per heavy atom. The molecule has 4 nitrogen and oxygen atoms in total. The molecule has 29 heavy (non-hydrogen) atoms. The first-order valence-corrected chi connectivity index (χ1v) is 9.56. The molecule has 0 saturated carbocycles. The van der Waals surface area contributed by atoms with Crippen molar-refractivity contribution in [3.05, 3.63) is 87.7 Å². The Labute approximate surface area is 172 Å². The molecular weight excluding hydrogens is 358 g/mol. The van der Waals surface area contributed by atoms with Crippen molar-refractivity contribution in [1.29, 1.82) is 5.26 Å². The van der Waals surface area contributed by atoms with E-state index in [1.807, 2.05) is 57.2 Å². The number of hydrogen-bond acceptors (Lipinski definition) is 2. The lowest BCUT2D eigenvalue weighted by atomic mass is 10.1. The van der Waals surface area contributed by atoms with E-state index >= 15 is 0 Å². The van der Waals surface area contributed by atoms with Crippen LogP contribution in [0.3, 0.4) is 0 Å². The summed E-state index contributed by atoms with van der Waals surface area (Å²) < 4.78 is 2.16. The van der Waals surface area contributed by atoms with Crippen molar-refractivity contribution >= 4 is 17.7 Å². The molecule has 1 N–H and O–H groups in total. The van der Waals surface area contributed by atoms with Crippen LogP contribution in [-0.2, 0) is 4.79 Å². The third kappa shape index (κ3) is 4.30. The monoisotopic (exact) mass is 383 g/mol.